The minimum atomic E-state index is -0.320. The molecule has 10 heteroatoms. The van der Waals surface area contributed by atoms with Crippen LogP contribution in [0, 0.1) is 18.3 Å². The molecular weight excluding hydrogens is 562 g/mol. The Morgan fingerprint density at radius 1 is 1.18 bits per heavy atom. The molecule has 0 N–H and O–H groups in total. The quantitative estimate of drug-likeness (QED) is 0.317. The molecule has 200 valence electrons. The number of rotatable bonds is 5. The molecule has 2 aliphatic heterocycles. The van der Waals surface area contributed by atoms with Crippen LogP contribution in [0.1, 0.15) is 42.2 Å². The van der Waals surface area contributed by atoms with Crippen molar-refractivity contribution in [1.29, 1.82) is 5.26 Å². The van der Waals surface area contributed by atoms with E-state index < -0.39 is 0 Å². The third kappa shape index (κ3) is 4.70. The molecule has 2 fully saturated rings. The van der Waals surface area contributed by atoms with Gasteiger partial charge in [-0.1, -0.05) is 29.4 Å². The van der Waals surface area contributed by atoms with Crippen molar-refractivity contribution in [3.63, 3.8) is 0 Å². The van der Waals surface area contributed by atoms with Gasteiger partial charge in [-0.2, -0.15) is 10.2 Å². The highest BCUT2D eigenvalue weighted by molar-refractivity contribution is 9.10. The van der Waals surface area contributed by atoms with Gasteiger partial charge in [0.2, 0.25) is 11.7 Å². The van der Waals surface area contributed by atoms with Gasteiger partial charge >= 0.3 is 0 Å². The van der Waals surface area contributed by atoms with E-state index in [-0.39, 0.29) is 23.1 Å². The first-order valence-corrected chi connectivity index (χ1v) is 13.9. The Labute approximate surface area is 234 Å². The Balaban J connectivity index is 1.30. The monoisotopic (exact) mass is 589 g/mol. The van der Waals surface area contributed by atoms with E-state index in [0.29, 0.717) is 55.0 Å². The minimum absolute atomic E-state index is 0.0244. The first kappa shape index (κ1) is 25.6. The van der Waals surface area contributed by atoms with E-state index in [1.165, 1.54) is 4.57 Å². The van der Waals surface area contributed by atoms with E-state index in [1.807, 2.05) is 43.3 Å². The van der Waals surface area contributed by atoms with Gasteiger partial charge in [0.15, 0.2) is 0 Å². The highest BCUT2D eigenvalue weighted by atomic mass is 79.9. The third-order valence-corrected chi connectivity index (χ3v) is 8.32. The molecule has 9 nitrogen and oxygen atoms in total. The highest BCUT2D eigenvalue weighted by Crippen LogP contribution is 2.39. The van der Waals surface area contributed by atoms with Gasteiger partial charge in [0, 0.05) is 49.5 Å². The lowest BCUT2D eigenvalue weighted by Crippen LogP contribution is -2.36. The van der Waals surface area contributed by atoms with Crippen molar-refractivity contribution < 1.29 is 14.0 Å². The van der Waals surface area contributed by atoms with Gasteiger partial charge < -0.3 is 23.5 Å². The van der Waals surface area contributed by atoms with Crippen molar-refractivity contribution in [2.24, 2.45) is 7.05 Å². The molecule has 0 spiro atoms. The SMILES string of the molecule is Cc1ccccc1-c1noc(C2CCN(c3c(C#N)c(=O)n(C)c4cc(O[C@@H]5CCOC5)c(Br)cc34)CC2)n1. The lowest BCUT2D eigenvalue weighted by atomic mass is 9.95. The average Bonchev–Trinajstić information content (AvgIpc) is 3.65. The van der Waals surface area contributed by atoms with Crippen molar-refractivity contribution in [3.8, 4) is 23.2 Å². The molecule has 2 aromatic heterocycles. The Morgan fingerprint density at radius 3 is 2.69 bits per heavy atom. The summed E-state index contributed by atoms with van der Waals surface area (Å²) in [5, 5.41) is 15.1. The molecule has 0 aliphatic carbocycles. The molecule has 2 aliphatic rings. The number of pyridine rings is 1. The maximum Gasteiger partial charge on any atom is 0.270 e. The summed E-state index contributed by atoms with van der Waals surface area (Å²) >= 11 is 3.66. The van der Waals surface area contributed by atoms with Gasteiger partial charge in [0.1, 0.15) is 23.5 Å². The molecule has 0 radical (unpaired) electrons. The van der Waals surface area contributed by atoms with E-state index in [2.05, 4.69) is 32.1 Å². The van der Waals surface area contributed by atoms with Gasteiger partial charge in [-0.05, 0) is 47.3 Å². The molecule has 6 rings (SSSR count). The van der Waals surface area contributed by atoms with Crippen molar-refractivity contribution in [2.75, 3.05) is 31.2 Å². The van der Waals surface area contributed by atoms with Gasteiger partial charge in [0.05, 0.1) is 28.9 Å². The van der Waals surface area contributed by atoms with Crippen molar-refractivity contribution >= 4 is 32.5 Å². The number of ether oxygens (including phenoxy) is 2. The number of halogens is 1. The molecule has 0 unspecified atom stereocenters. The average molecular weight is 590 g/mol. The maximum atomic E-state index is 13.3. The predicted octanol–water partition coefficient (Wildman–Crippen LogP) is 5.08. The zero-order chi connectivity index (χ0) is 27.1. The summed E-state index contributed by atoms with van der Waals surface area (Å²) < 4.78 is 19.6. The summed E-state index contributed by atoms with van der Waals surface area (Å²) in [6.07, 6.45) is 2.33. The molecule has 2 saturated heterocycles. The molecule has 4 aromatic rings. The molecule has 0 bridgehead atoms. The molecule has 1 atom stereocenters. The number of aromatic nitrogens is 3. The number of hydrogen-bond acceptors (Lipinski definition) is 8. The number of hydrogen-bond donors (Lipinski definition) is 0. The van der Waals surface area contributed by atoms with Crippen LogP contribution < -0.4 is 15.2 Å². The second kappa shape index (κ2) is 10.5. The lowest BCUT2D eigenvalue weighted by Gasteiger charge is -2.33. The van der Waals surface area contributed by atoms with Crippen LogP contribution in [0.3, 0.4) is 0 Å². The Hall–Kier alpha value is -3.68. The van der Waals surface area contributed by atoms with Crippen molar-refractivity contribution in [3.05, 3.63) is 68.2 Å². The zero-order valence-electron chi connectivity index (χ0n) is 21.8. The van der Waals surface area contributed by atoms with Crippen LogP contribution in [0.5, 0.6) is 5.75 Å². The van der Waals surface area contributed by atoms with E-state index in [0.717, 1.165) is 40.2 Å². The van der Waals surface area contributed by atoms with Gasteiger partial charge in [0.25, 0.3) is 5.56 Å². The second-order valence-corrected chi connectivity index (χ2v) is 11.0. The highest BCUT2D eigenvalue weighted by Gasteiger charge is 2.30. The van der Waals surface area contributed by atoms with E-state index >= 15 is 0 Å². The van der Waals surface area contributed by atoms with Crippen molar-refractivity contribution in [2.45, 2.75) is 38.2 Å². The van der Waals surface area contributed by atoms with Gasteiger partial charge in [-0.25, -0.2) is 0 Å². The van der Waals surface area contributed by atoms with Crippen LogP contribution >= 0.6 is 15.9 Å². The summed E-state index contributed by atoms with van der Waals surface area (Å²) in [7, 11) is 1.69. The standard InChI is InChI=1S/C29H28BrN5O4/c1-17-5-3-4-6-20(17)27-32-28(39-33-27)18-7-10-35(11-8-18)26-21-13-23(30)25(38-19-9-12-37-16-19)14-24(21)34(2)29(36)22(26)15-31/h3-6,13-14,18-19H,7-12,16H2,1-2H3/t19-/m1/s1. The first-order valence-electron chi connectivity index (χ1n) is 13.1. The second-order valence-electron chi connectivity index (χ2n) is 10.1. The number of aryl methyl sites for hydroxylation is 2. The number of fused-ring (bicyclic) bond motifs is 1. The van der Waals surface area contributed by atoms with Crippen LogP contribution in [-0.4, -0.2) is 47.1 Å². The largest absolute Gasteiger partial charge is 0.487 e. The molecular formula is C29H28BrN5O4. The number of benzene rings is 2. The summed E-state index contributed by atoms with van der Waals surface area (Å²) in [5.74, 6) is 1.99. The number of anilines is 1. The molecule has 0 amide bonds. The van der Waals surface area contributed by atoms with Gasteiger partial charge in [-0.3, -0.25) is 4.79 Å². The van der Waals surface area contributed by atoms with Gasteiger partial charge in [-0.15, -0.1) is 0 Å². The van der Waals surface area contributed by atoms with Crippen LogP contribution in [0.15, 0.2) is 50.2 Å². The van der Waals surface area contributed by atoms with Crippen molar-refractivity contribution in [1.82, 2.24) is 14.7 Å². The fourth-order valence-electron chi connectivity index (χ4n) is 5.51. The Kier molecular flexibility index (Phi) is 6.87. The number of nitrogens with zero attached hydrogens (tertiary/aromatic N) is 5. The predicted molar refractivity (Wildman–Crippen MR) is 150 cm³/mol. The minimum Gasteiger partial charge on any atom is -0.487 e. The first-order chi connectivity index (χ1) is 18.9. The normalized spacial score (nSPS) is 18.0. The zero-order valence-corrected chi connectivity index (χ0v) is 23.4. The molecule has 4 heterocycles. The maximum absolute atomic E-state index is 13.3. The summed E-state index contributed by atoms with van der Waals surface area (Å²) in [6, 6.07) is 14.0. The topological polar surface area (TPSA) is 106 Å². The van der Waals surface area contributed by atoms with Crippen LogP contribution in [-0.2, 0) is 11.8 Å². The van der Waals surface area contributed by atoms with E-state index in [1.54, 1.807) is 7.05 Å². The van der Waals surface area contributed by atoms with Crippen LogP contribution in [0.4, 0.5) is 5.69 Å². The molecule has 39 heavy (non-hydrogen) atoms. The van der Waals surface area contributed by atoms with Crippen LogP contribution in [0.25, 0.3) is 22.3 Å². The number of nitriles is 1. The summed E-state index contributed by atoms with van der Waals surface area (Å²) in [5.41, 5.74) is 3.26. The fraction of sp³-hybridized carbons (Fsp3) is 0.379. The van der Waals surface area contributed by atoms with E-state index in [4.69, 9.17) is 19.0 Å². The summed E-state index contributed by atoms with van der Waals surface area (Å²) in [6.45, 7) is 4.56. The van der Waals surface area contributed by atoms with Crippen LogP contribution in [0.2, 0.25) is 0 Å². The smallest absolute Gasteiger partial charge is 0.270 e. The molecule has 2 aromatic carbocycles. The Morgan fingerprint density at radius 2 is 1.97 bits per heavy atom. The van der Waals surface area contributed by atoms with E-state index in [9.17, 15) is 10.1 Å². The number of piperidine rings is 1. The Bertz CT molecular complexity index is 1640. The lowest BCUT2D eigenvalue weighted by molar-refractivity contribution is 0.141. The third-order valence-electron chi connectivity index (χ3n) is 7.70. The summed E-state index contributed by atoms with van der Waals surface area (Å²) in [4.78, 5) is 20.1. The molecule has 0 saturated carbocycles. The fourth-order valence-corrected chi connectivity index (χ4v) is 5.95.